The van der Waals surface area contributed by atoms with Gasteiger partial charge < -0.3 is 5.32 Å². The molecule has 2 heterocycles. The highest BCUT2D eigenvalue weighted by atomic mass is 35.5. The van der Waals surface area contributed by atoms with E-state index in [9.17, 15) is 14.4 Å². The molecule has 0 saturated heterocycles. The number of hydrogen-bond acceptors (Lipinski definition) is 4. The zero-order valence-corrected chi connectivity index (χ0v) is 18.4. The van der Waals surface area contributed by atoms with Crippen LogP contribution in [0.5, 0.6) is 0 Å². The van der Waals surface area contributed by atoms with Crippen LogP contribution >= 0.6 is 11.6 Å². The van der Waals surface area contributed by atoms with Crippen LogP contribution in [-0.2, 0) is 7.05 Å². The first-order valence-corrected chi connectivity index (χ1v) is 10.7. The summed E-state index contributed by atoms with van der Waals surface area (Å²) in [5, 5.41) is 4.05. The maximum Gasteiger partial charge on any atom is 0.337 e. The third-order valence-electron chi connectivity index (χ3n) is 5.84. The van der Waals surface area contributed by atoms with Crippen LogP contribution in [0.1, 0.15) is 24.4 Å². The lowest BCUT2D eigenvalue weighted by Gasteiger charge is -2.19. The molecule has 2 aromatic heterocycles. The van der Waals surface area contributed by atoms with Crippen LogP contribution in [0, 0.1) is 6.92 Å². The van der Waals surface area contributed by atoms with E-state index in [1.807, 2.05) is 31.2 Å². The summed E-state index contributed by atoms with van der Waals surface area (Å²) in [6.45, 7) is 1.90. The summed E-state index contributed by atoms with van der Waals surface area (Å²) in [5.74, 6) is 0. The molecule has 0 aliphatic heterocycles. The van der Waals surface area contributed by atoms with Crippen molar-refractivity contribution in [2.45, 2.75) is 25.8 Å². The van der Waals surface area contributed by atoms with E-state index in [1.165, 1.54) is 19.8 Å². The maximum atomic E-state index is 13.6. The number of nitrogens with zero attached hydrogens (tertiary/aromatic N) is 3. The molecule has 0 radical (unpaired) electrons. The Labute approximate surface area is 188 Å². The quantitative estimate of drug-likeness (QED) is 0.513. The molecule has 0 amide bonds. The molecule has 0 unspecified atom stereocenters. The van der Waals surface area contributed by atoms with Crippen molar-refractivity contribution in [2.75, 3.05) is 5.32 Å². The van der Waals surface area contributed by atoms with Gasteiger partial charge in [-0.2, -0.15) is 0 Å². The first-order chi connectivity index (χ1) is 15.4. The number of halogens is 1. The molecule has 5 rings (SSSR count). The van der Waals surface area contributed by atoms with Crippen LogP contribution in [0.4, 0.5) is 11.4 Å². The van der Waals surface area contributed by atoms with E-state index < -0.39 is 11.2 Å². The van der Waals surface area contributed by atoms with Crippen LogP contribution in [0.3, 0.4) is 0 Å². The Morgan fingerprint density at radius 2 is 1.69 bits per heavy atom. The van der Waals surface area contributed by atoms with Crippen molar-refractivity contribution in [1.29, 1.82) is 0 Å². The molecule has 162 valence electrons. The Morgan fingerprint density at radius 3 is 2.34 bits per heavy atom. The van der Waals surface area contributed by atoms with Crippen molar-refractivity contribution < 1.29 is 0 Å². The van der Waals surface area contributed by atoms with Crippen molar-refractivity contribution in [1.82, 2.24) is 13.7 Å². The van der Waals surface area contributed by atoms with Gasteiger partial charge in [-0.1, -0.05) is 29.8 Å². The predicted molar refractivity (Wildman–Crippen MR) is 127 cm³/mol. The predicted octanol–water partition coefficient (Wildman–Crippen LogP) is 3.89. The molecular formula is C24H21ClN4O3. The topological polar surface area (TPSA) is 78.0 Å². The molecule has 1 aliphatic carbocycles. The van der Waals surface area contributed by atoms with E-state index in [2.05, 4.69) is 5.32 Å². The summed E-state index contributed by atoms with van der Waals surface area (Å²) in [7, 11) is 1.58. The van der Waals surface area contributed by atoms with Gasteiger partial charge in [0, 0.05) is 29.9 Å². The summed E-state index contributed by atoms with van der Waals surface area (Å²) < 4.78 is 4.17. The van der Waals surface area contributed by atoms with Crippen molar-refractivity contribution in [2.24, 2.45) is 7.05 Å². The normalized spacial score (nSPS) is 13.5. The fraction of sp³-hybridized carbons (Fsp3) is 0.208. The lowest BCUT2D eigenvalue weighted by molar-refractivity contribution is 0.637. The fourth-order valence-electron chi connectivity index (χ4n) is 4.04. The first kappa shape index (κ1) is 20.3. The highest BCUT2D eigenvalue weighted by Crippen LogP contribution is 2.33. The van der Waals surface area contributed by atoms with Crippen LogP contribution < -0.4 is 22.1 Å². The van der Waals surface area contributed by atoms with Gasteiger partial charge in [-0.25, -0.2) is 9.36 Å². The number of nitrogens with one attached hydrogen (secondary N) is 1. The Bertz CT molecular complexity index is 1540. The summed E-state index contributed by atoms with van der Waals surface area (Å²) in [5.41, 5.74) is 1.62. The molecule has 0 atom stereocenters. The van der Waals surface area contributed by atoms with Crippen LogP contribution in [0.25, 0.3) is 16.7 Å². The highest BCUT2D eigenvalue weighted by Gasteiger charge is 2.31. The second kappa shape index (κ2) is 7.53. The summed E-state index contributed by atoms with van der Waals surface area (Å²) in [6, 6.07) is 15.7. The van der Waals surface area contributed by atoms with E-state index in [0.29, 0.717) is 22.1 Å². The summed E-state index contributed by atoms with van der Waals surface area (Å²) in [4.78, 5) is 40.1. The van der Waals surface area contributed by atoms with Gasteiger partial charge in [0.25, 0.3) is 11.1 Å². The third kappa shape index (κ3) is 3.26. The number of fused-ring (bicyclic) bond motifs is 1. The van der Waals surface area contributed by atoms with Gasteiger partial charge in [-0.15, -0.1) is 0 Å². The molecule has 0 bridgehead atoms. The van der Waals surface area contributed by atoms with Gasteiger partial charge in [0.2, 0.25) is 0 Å². The van der Waals surface area contributed by atoms with E-state index in [4.69, 9.17) is 11.6 Å². The fourth-order valence-corrected chi connectivity index (χ4v) is 4.16. The van der Waals surface area contributed by atoms with Gasteiger partial charge in [0.05, 0.1) is 11.4 Å². The molecular weight excluding hydrogens is 428 g/mol. The Balaban J connectivity index is 1.92. The zero-order valence-electron chi connectivity index (χ0n) is 17.6. The average molecular weight is 449 g/mol. The zero-order chi connectivity index (χ0) is 22.6. The van der Waals surface area contributed by atoms with Gasteiger partial charge in [-0.05, 0) is 55.7 Å². The minimum absolute atomic E-state index is 0.129. The second-order valence-corrected chi connectivity index (χ2v) is 8.53. The lowest BCUT2D eigenvalue weighted by atomic mass is 10.2. The van der Waals surface area contributed by atoms with E-state index in [0.717, 1.165) is 18.4 Å². The second-order valence-electron chi connectivity index (χ2n) is 8.10. The van der Waals surface area contributed by atoms with Gasteiger partial charge >= 0.3 is 5.69 Å². The van der Waals surface area contributed by atoms with Gasteiger partial charge in [-0.3, -0.25) is 18.7 Å². The van der Waals surface area contributed by atoms with Crippen molar-refractivity contribution >= 4 is 34.0 Å². The number of hydrogen-bond donors (Lipinski definition) is 1. The number of para-hydroxylation sites is 1. The number of benzene rings is 2. The largest absolute Gasteiger partial charge is 0.355 e. The van der Waals surface area contributed by atoms with Crippen molar-refractivity contribution in [3.63, 3.8) is 0 Å². The summed E-state index contributed by atoms with van der Waals surface area (Å²) >= 11 is 5.99. The van der Waals surface area contributed by atoms with Crippen LogP contribution in [-0.4, -0.2) is 13.7 Å². The standard InChI is InChI=1S/C24H21ClN4O3/c1-14-5-3-4-6-19(14)29-22-21(23(31)28(24(29)32)17-11-12-17)18(13-20(30)27(22)2)26-16-9-7-15(25)8-10-16/h3-10,13,17,26H,11-12H2,1-2H3. The van der Waals surface area contributed by atoms with Crippen molar-refractivity contribution in [3.8, 4) is 5.69 Å². The molecule has 8 heteroatoms. The molecule has 2 aromatic carbocycles. The molecule has 1 fully saturated rings. The SMILES string of the molecule is Cc1ccccc1-n1c(=O)n(C2CC2)c(=O)c2c(Nc3ccc(Cl)cc3)cc(=O)n(C)c21. The number of pyridine rings is 1. The molecule has 7 nitrogen and oxygen atoms in total. The van der Waals surface area contributed by atoms with Gasteiger partial charge in [0.15, 0.2) is 0 Å². The highest BCUT2D eigenvalue weighted by molar-refractivity contribution is 6.30. The van der Waals surface area contributed by atoms with Gasteiger partial charge in [0.1, 0.15) is 11.0 Å². The molecule has 1 saturated carbocycles. The Kier molecular flexibility index (Phi) is 4.78. The average Bonchev–Trinajstić information content (AvgIpc) is 3.59. The van der Waals surface area contributed by atoms with E-state index in [-0.39, 0.29) is 22.6 Å². The Hall–Kier alpha value is -3.58. The molecule has 1 N–H and O–H groups in total. The maximum absolute atomic E-state index is 13.6. The van der Waals surface area contributed by atoms with Crippen LogP contribution in [0.15, 0.2) is 69.0 Å². The number of rotatable bonds is 4. The smallest absolute Gasteiger partial charge is 0.337 e. The number of aromatic nitrogens is 3. The monoisotopic (exact) mass is 448 g/mol. The molecule has 1 aliphatic rings. The number of anilines is 2. The Morgan fingerprint density at radius 1 is 1.00 bits per heavy atom. The third-order valence-corrected chi connectivity index (χ3v) is 6.09. The minimum Gasteiger partial charge on any atom is -0.355 e. The van der Waals surface area contributed by atoms with E-state index >= 15 is 0 Å². The van der Waals surface area contributed by atoms with Crippen molar-refractivity contribution in [3.05, 3.63) is 96.4 Å². The molecule has 32 heavy (non-hydrogen) atoms. The summed E-state index contributed by atoms with van der Waals surface area (Å²) in [6.07, 6.45) is 1.56. The number of aryl methyl sites for hydroxylation is 2. The molecule has 4 aromatic rings. The first-order valence-electron chi connectivity index (χ1n) is 10.4. The van der Waals surface area contributed by atoms with E-state index in [1.54, 1.807) is 31.3 Å². The van der Waals surface area contributed by atoms with Crippen LogP contribution in [0.2, 0.25) is 5.02 Å². The lowest BCUT2D eigenvalue weighted by Crippen LogP contribution is -2.41. The molecule has 0 spiro atoms. The minimum atomic E-state index is -0.432.